The molecule has 0 aromatic heterocycles. The summed E-state index contributed by atoms with van der Waals surface area (Å²) in [5, 5.41) is 0. The van der Waals surface area contributed by atoms with Crippen molar-refractivity contribution in [1.82, 2.24) is 0 Å². The van der Waals surface area contributed by atoms with Crippen molar-refractivity contribution >= 4 is 11.8 Å². The molecule has 0 amide bonds. The molecule has 0 aromatic carbocycles. The summed E-state index contributed by atoms with van der Waals surface area (Å²) >= 11 is 0. The Balaban J connectivity index is 2.00. The molecule has 2 saturated carbocycles. The Kier molecular flexibility index (Phi) is 1.83. The van der Waals surface area contributed by atoms with Gasteiger partial charge in [-0.2, -0.15) is 0 Å². The number of fused-ring (bicyclic) bond motifs is 1. The van der Waals surface area contributed by atoms with E-state index in [4.69, 9.17) is 4.74 Å². The smallest absolute Gasteiger partial charge is 0.308 e. The van der Waals surface area contributed by atoms with Crippen LogP contribution in [0.5, 0.6) is 0 Å². The Bertz CT molecular complexity index is 500. The van der Waals surface area contributed by atoms with Gasteiger partial charge in [0.1, 0.15) is 11.5 Å². The van der Waals surface area contributed by atoms with Gasteiger partial charge in [-0.25, -0.2) is 0 Å². The molecule has 0 aromatic rings. The SMILES string of the molecule is CC(=O)OC1=CC2C3(C)C(=O)CCC23C(C)=C1. The Hall–Kier alpha value is -1.38. The normalized spacial score (nSPS) is 42.3. The van der Waals surface area contributed by atoms with Crippen LogP contribution in [0.2, 0.25) is 0 Å². The molecule has 0 N–H and O–H groups in total. The lowest BCUT2D eigenvalue weighted by atomic mass is 9.87. The van der Waals surface area contributed by atoms with Gasteiger partial charge < -0.3 is 4.74 Å². The van der Waals surface area contributed by atoms with Crippen LogP contribution in [0, 0.1) is 16.7 Å². The summed E-state index contributed by atoms with van der Waals surface area (Å²) in [6.45, 7) is 5.50. The largest absolute Gasteiger partial charge is 0.427 e. The Morgan fingerprint density at radius 1 is 1.53 bits per heavy atom. The minimum atomic E-state index is -0.307. The van der Waals surface area contributed by atoms with E-state index in [2.05, 4.69) is 6.92 Å². The molecule has 3 unspecified atom stereocenters. The van der Waals surface area contributed by atoms with Gasteiger partial charge in [-0.3, -0.25) is 9.59 Å². The molecule has 3 atom stereocenters. The topological polar surface area (TPSA) is 43.4 Å². The molecule has 3 nitrogen and oxygen atoms in total. The zero-order valence-electron chi connectivity index (χ0n) is 10.4. The van der Waals surface area contributed by atoms with Crippen molar-refractivity contribution in [2.24, 2.45) is 16.7 Å². The van der Waals surface area contributed by atoms with E-state index < -0.39 is 0 Å². The first-order chi connectivity index (χ1) is 7.93. The molecule has 0 bridgehead atoms. The highest BCUT2D eigenvalue weighted by Gasteiger charge is 2.80. The lowest BCUT2D eigenvalue weighted by Crippen LogP contribution is -2.11. The van der Waals surface area contributed by atoms with Crippen LogP contribution < -0.4 is 0 Å². The minimum absolute atomic E-state index is 0.0354. The third-order valence-electron chi connectivity index (χ3n) is 4.98. The van der Waals surface area contributed by atoms with Gasteiger partial charge in [-0.05, 0) is 25.5 Å². The highest BCUT2D eigenvalue weighted by molar-refractivity contribution is 5.94. The van der Waals surface area contributed by atoms with Gasteiger partial charge in [0.25, 0.3) is 0 Å². The summed E-state index contributed by atoms with van der Waals surface area (Å²) in [7, 11) is 0. The third-order valence-corrected chi connectivity index (χ3v) is 4.98. The van der Waals surface area contributed by atoms with Crippen LogP contribution in [0.1, 0.15) is 33.6 Å². The summed E-state index contributed by atoms with van der Waals surface area (Å²) in [4.78, 5) is 23.0. The molecule has 3 heteroatoms. The Labute approximate surface area is 101 Å². The number of allylic oxidation sites excluding steroid dienone is 3. The molecule has 0 saturated heterocycles. The number of ether oxygens (including phenoxy) is 1. The van der Waals surface area contributed by atoms with Gasteiger partial charge in [0.05, 0.1) is 0 Å². The van der Waals surface area contributed by atoms with Gasteiger partial charge in [0, 0.05) is 30.1 Å². The van der Waals surface area contributed by atoms with Crippen molar-refractivity contribution in [2.45, 2.75) is 33.6 Å². The molecular weight excluding hydrogens is 216 g/mol. The molecule has 0 aliphatic heterocycles. The minimum Gasteiger partial charge on any atom is -0.427 e. The molecule has 1 spiro atoms. The molecule has 2 fully saturated rings. The number of carbonyl (C=O) groups is 2. The average molecular weight is 232 g/mol. The van der Waals surface area contributed by atoms with E-state index in [0.717, 1.165) is 6.42 Å². The number of rotatable bonds is 1. The van der Waals surface area contributed by atoms with E-state index in [1.807, 2.05) is 19.1 Å². The Morgan fingerprint density at radius 2 is 2.24 bits per heavy atom. The standard InChI is InChI=1S/C14H16O3/c1-8-6-10(17-9(2)15)7-11-13(3)12(16)4-5-14(8,11)13/h6-7,11H,4-5H2,1-3H3. The van der Waals surface area contributed by atoms with Gasteiger partial charge in [0.2, 0.25) is 0 Å². The number of Topliss-reactive ketones (excluding diaryl/α,β-unsaturated/α-hetero) is 1. The fourth-order valence-corrected chi connectivity index (χ4v) is 4.08. The maximum absolute atomic E-state index is 12.0. The van der Waals surface area contributed by atoms with Gasteiger partial charge in [-0.1, -0.05) is 12.5 Å². The number of hydrogen-bond donors (Lipinski definition) is 0. The zero-order chi connectivity index (χ0) is 12.4. The number of hydrogen-bond acceptors (Lipinski definition) is 3. The first-order valence-electron chi connectivity index (χ1n) is 6.05. The highest BCUT2D eigenvalue weighted by Crippen LogP contribution is 2.80. The van der Waals surface area contributed by atoms with Gasteiger partial charge >= 0.3 is 5.97 Å². The molecule has 3 aliphatic carbocycles. The van der Waals surface area contributed by atoms with Crippen molar-refractivity contribution < 1.29 is 14.3 Å². The van der Waals surface area contributed by atoms with E-state index in [1.54, 1.807) is 0 Å². The number of esters is 1. The van der Waals surface area contributed by atoms with E-state index in [0.29, 0.717) is 18.0 Å². The molecule has 3 aliphatic rings. The molecule has 3 rings (SSSR count). The molecule has 0 heterocycles. The predicted octanol–water partition coefficient (Wildman–Crippen LogP) is 2.38. The van der Waals surface area contributed by atoms with Crippen molar-refractivity contribution in [3.63, 3.8) is 0 Å². The lowest BCUT2D eigenvalue weighted by Gasteiger charge is -2.19. The highest BCUT2D eigenvalue weighted by atomic mass is 16.5. The van der Waals surface area contributed by atoms with E-state index >= 15 is 0 Å². The average Bonchev–Trinajstić information content (AvgIpc) is 2.65. The van der Waals surface area contributed by atoms with Crippen molar-refractivity contribution in [1.29, 1.82) is 0 Å². The third kappa shape index (κ3) is 1.03. The van der Waals surface area contributed by atoms with Gasteiger partial charge in [0.15, 0.2) is 0 Å². The molecular formula is C14H16O3. The first kappa shape index (κ1) is 10.8. The van der Waals surface area contributed by atoms with Crippen LogP contribution in [0.15, 0.2) is 23.5 Å². The number of ketones is 1. The van der Waals surface area contributed by atoms with E-state index in [1.165, 1.54) is 12.5 Å². The first-order valence-corrected chi connectivity index (χ1v) is 6.05. The Morgan fingerprint density at radius 3 is 2.88 bits per heavy atom. The monoisotopic (exact) mass is 232 g/mol. The van der Waals surface area contributed by atoms with Crippen LogP contribution >= 0.6 is 0 Å². The van der Waals surface area contributed by atoms with Crippen molar-refractivity contribution in [3.05, 3.63) is 23.5 Å². The molecule has 0 radical (unpaired) electrons. The van der Waals surface area contributed by atoms with Crippen LogP contribution in [-0.2, 0) is 14.3 Å². The second kappa shape index (κ2) is 2.89. The summed E-state index contributed by atoms with van der Waals surface area (Å²) in [5.74, 6) is 0.888. The van der Waals surface area contributed by atoms with Crippen molar-refractivity contribution in [2.75, 3.05) is 0 Å². The van der Waals surface area contributed by atoms with Crippen molar-refractivity contribution in [3.8, 4) is 0 Å². The van der Waals surface area contributed by atoms with E-state index in [9.17, 15) is 9.59 Å². The van der Waals surface area contributed by atoms with Crippen LogP contribution in [0.25, 0.3) is 0 Å². The van der Waals surface area contributed by atoms with Gasteiger partial charge in [-0.15, -0.1) is 0 Å². The van der Waals surface area contributed by atoms with Crippen LogP contribution in [0.3, 0.4) is 0 Å². The second-order valence-corrected chi connectivity index (χ2v) is 5.56. The summed E-state index contributed by atoms with van der Waals surface area (Å²) in [5.41, 5.74) is 0.984. The fourth-order valence-electron chi connectivity index (χ4n) is 4.08. The second-order valence-electron chi connectivity index (χ2n) is 5.56. The summed E-state index contributed by atoms with van der Waals surface area (Å²) in [6, 6.07) is 0. The summed E-state index contributed by atoms with van der Waals surface area (Å²) < 4.78 is 5.14. The quantitative estimate of drug-likeness (QED) is 0.652. The molecule has 90 valence electrons. The van der Waals surface area contributed by atoms with Crippen LogP contribution in [0.4, 0.5) is 0 Å². The predicted molar refractivity (Wildman–Crippen MR) is 61.9 cm³/mol. The van der Waals surface area contributed by atoms with E-state index in [-0.39, 0.29) is 22.7 Å². The fraction of sp³-hybridized carbons (Fsp3) is 0.571. The molecule has 17 heavy (non-hydrogen) atoms. The maximum Gasteiger partial charge on any atom is 0.308 e. The zero-order valence-corrected chi connectivity index (χ0v) is 10.4. The number of carbonyl (C=O) groups excluding carboxylic acids is 2. The van der Waals surface area contributed by atoms with Crippen LogP contribution in [-0.4, -0.2) is 11.8 Å². The maximum atomic E-state index is 12.0. The lowest BCUT2D eigenvalue weighted by molar-refractivity contribution is -0.136. The summed E-state index contributed by atoms with van der Waals surface area (Å²) in [6.07, 6.45) is 5.52.